The molecule has 100 valence electrons. The highest BCUT2D eigenvalue weighted by Crippen LogP contribution is 2.26. The van der Waals surface area contributed by atoms with Gasteiger partial charge in [-0.1, -0.05) is 48.5 Å². The highest BCUT2D eigenvalue weighted by Gasteiger charge is 2.13. The molecule has 2 nitrogen and oxygen atoms in total. The lowest BCUT2D eigenvalue weighted by molar-refractivity contribution is 0.396. The van der Waals surface area contributed by atoms with E-state index in [0.29, 0.717) is 6.04 Å². The van der Waals surface area contributed by atoms with Crippen molar-refractivity contribution >= 4 is 0 Å². The molecule has 0 saturated carbocycles. The lowest BCUT2D eigenvalue weighted by Crippen LogP contribution is -2.22. The maximum Gasteiger partial charge on any atom is 0.123 e. The lowest BCUT2D eigenvalue weighted by atomic mass is 10.0. The fourth-order valence-electron chi connectivity index (χ4n) is 2.33. The van der Waals surface area contributed by atoms with Crippen molar-refractivity contribution < 1.29 is 4.74 Å². The summed E-state index contributed by atoms with van der Waals surface area (Å²) in [5.74, 6) is 0.933. The van der Waals surface area contributed by atoms with Gasteiger partial charge in [-0.15, -0.1) is 0 Å². The highest BCUT2D eigenvalue weighted by molar-refractivity contribution is 5.35. The fourth-order valence-corrected chi connectivity index (χ4v) is 2.33. The van der Waals surface area contributed by atoms with Crippen molar-refractivity contribution in [3.63, 3.8) is 0 Å². The van der Waals surface area contributed by atoms with Crippen LogP contribution in [0, 0.1) is 0 Å². The van der Waals surface area contributed by atoms with Gasteiger partial charge in [0.25, 0.3) is 0 Å². The summed E-state index contributed by atoms with van der Waals surface area (Å²) in [6.45, 7) is 4.35. The molecule has 0 aliphatic rings. The number of hydrogen-bond donors (Lipinski definition) is 1. The Morgan fingerprint density at radius 2 is 1.47 bits per heavy atom. The predicted molar refractivity (Wildman–Crippen MR) is 79.4 cm³/mol. The summed E-state index contributed by atoms with van der Waals surface area (Å²) in [4.78, 5) is 0. The Bertz CT molecular complexity index is 510. The second kappa shape index (κ2) is 6.39. The molecule has 0 amide bonds. The van der Waals surface area contributed by atoms with Gasteiger partial charge >= 0.3 is 0 Å². The predicted octanol–water partition coefficient (Wildman–Crippen LogP) is 4.11. The molecule has 0 radical (unpaired) electrons. The Kier molecular flexibility index (Phi) is 4.58. The van der Waals surface area contributed by atoms with Crippen LogP contribution in [0.5, 0.6) is 5.75 Å². The zero-order valence-corrected chi connectivity index (χ0v) is 11.8. The zero-order valence-electron chi connectivity index (χ0n) is 11.8. The van der Waals surface area contributed by atoms with Gasteiger partial charge in [0, 0.05) is 17.6 Å². The van der Waals surface area contributed by atoms with E-state index in [0.717, 1.165) is 5.75 Å². The summed E-state index contributed by atoms with van der Waals surface area (Å²) in [7, 11) is 1.71. The molecule has 0 aliphatic heterocycles. The Morgan fingerprint density at radius 1 is 0.842 bits per heavy atom. The standard InChI is InChI=1S/C17H21NO/c1-13(15-9-5-4-6-10-15)18-14(2)16-11-7-8-12-17(16)19-3/h4-14,18H,1-3H3/t13?,14-/m1/s1. The van der Waals surface area contributed by atoms with Gasteiger partial charge in [-0.2, -0.15) is 0 Å². The van der Waals surface area contributed by atoms with Crippen molar-refractivity contribution in [2.75, 3.05) is 7.11 Å². The quantitative estimate of drug-likeness (QED) is 0.868. The van der Waals surface area contributed by atoms with Crippen LogP contribution in [0.4, 0.5) is 0 Å². The molecule has 2 heteroatoms. The van der Waals surface area contributed by atoms with E-state index in [1.54, 1.807) is 7.11 Å². The summed E-state index contributed by atoms with van der Waals surface area (Å²) in [6.07, 6.45) is 0. The number of rotatable bonds is 5. The third kappa shape index (κ3) is 3.36. The summed E-state index contributed by atoms with van der Waals surface area (Å²) in [5.41, 5.74) is 2.48. The van der Waals surface area contributed by atoms with Gasteiger partial charge in [0.1, 0.15) is 5.75 Å². The maximum absolute atomic E-state index is 5.41. The molecule has 2 rings (SSSR count). The molecule has 0 bridgehead atoms. The van der Waals surface area contributed by atoms with E-state index < -0.39 is 0 Å². The van der Waals surface area contributed by atoms with Crippen molar-refractivity contribution in [1.29, 1.82) is 0 Å². The monoisotopic (exact) mass is 255 g/mol. The van der Waals surface area contributed by atoms with Crippen molar-refractivity contribution in [3.05, 3.63) is 65.7 Å². The zero-order chi connectivity index (χ0) is 13.7. The van der Waals surface area contributed by atoms with E-state index in [4.69, 9.17) is 4.74 Å². The Hall–Kier alpha value is -1.80. The van der Waals surface area contributed by atoms with Crippen LogP contribution >= 0.6 is 0 Å². The van der Waals surface area contributed by atoms with Crippen LogP contribution in [0.3, 0.4) is 0 Å². The van der Waals surface area contributed by atoms with E-state index in [1.807, 2.05) is 24.3 Å². The first-order valence-corrected chi connectivity index (χ1v) is 6.66. The molecule has 0 spiro atoms. The van der Waals surface area contributed by atoms with Crippen molar-refractivity contribution in [2.45, 2.75) is 25.9 Å². The van der Waals surface area contributed by atoms with Crippen LogP contribution < -0.4 is 10.1 Å². The Balaban J connectivity index is 2.11. The number of para-hydroxylation sites is 1. The number of benzene rings is 2. The first kappa shape index (κ1) is 13.6. The molecular weight excluding hydrogens is 234 g/mol. The normalized spacial score (nSPS) is 13.8. The van der Waals surface area contributed by atoms with Gasteiger partial charge in [-0.3, -0.25) is 0 Å². The molecule has 0 fully saturated rings. The molecular formula is C17H21NO. The Morgan fingerprint density at radius 3 is 2.16 bits per heavy atom. The molecule has 1 N–H and O–H groups in total. The van der Waals surface area contributed by atoms with Crippen molar-refractivity contribution in [1.82, 2.24) is 5.32 Å². The SMILES string of the molecule is COc1ccccc1[C@@H](C)NC(C)c1ccccc1. The molecule has 19 heavy (non-hydrogen) atoms. The minimum atomic E-state index is 0.242. The molecule has 0 aliphatic carbocycles. The molecule has 0 heterocycles. The fraction of sp³-hybridized carbons (Fsp3) is 0.294. The molecule has 0 saturated heterocycles. The maximum atomic E-state index is 5.41. The lowest BCUT2D eigenvalue weighted by Gasteiger charge is -2.22. The van der Waals surface area contributed by atoms with Crippen LogP contribution in [0.1, 0.15) is 37.1 Å². The van der Waals surface area contributed by atoms with E-state index in [-0.39, 0.29) is 6.04 Å². The molecule has 2 aromatic rings. The molecule has 0 aromatic heterocycles. The summed E-state index contributed by atoms with van der Waals surface area (Å²) in [6, 6.07) is 19.2. The van der Waals surface area contributed by atoms with E-state index >= 15 is 0 Å². The Labute approximate surface area is 115 Å². The largest absolute Gasteiger partial charge is 0.496 e. The molecule has 2 aromatic carbocycles. The number of ether oxygens (including phenoxy) is 1. The smallest absolute Gasteiger partial charge is 0.123 e. The number of hydrogen-bond acceptors (Lipinski definition) is 2. The van der Waals surface area contributed by atoms with Gasteiger partial charge in [0.15, 0.2) is 0 Å². The summed E-state index contributed by atoms with van der Waals surface area (Å²) in [5, 5.41) is 3.61. The third-order valence-electron chi connectivity index (χ3n) is 3.41. The minimum absolute atomic E-state index is 0.242. The van der Waals surface area contributed by atoms with Crippen LogP contribution in [0.25, 0.3) is 0 Å². The van der Waals surface area contributed by atoms with Gasteiger partial charge < -0.3 is 10.1 Å². The summed E-state index contributed by atoms with van der Waals surface area (Å²) >= 11 is 0. The van der Waals surface area contributed by atoms with Crippen molar-refractivity contribution in [3.8, 4) is 5.75 Å². The first-order valence-electron chi connectivity index (χ1n) is 6.66. The van der Waals surface area contributed by atoms with Crippen LogP contribution in [0.2, 0.25) is 0 Å². The van der Waals surface area contributed by atoms with Gasteiger partial charge in [-0.05, 0) is 25.5 Å². The third-order valence-corrected chi connectivity index (χ3v) is 3.41. The second-order valence-electron chi connectivity index (χ2n) is 4.76. The van der Waals surface area contributed by atoms with Gasteiger partial charge in [-0.25, -0.2) is 0 Å². The number of methoxy groups -OCH3 is 1. The minimum Gasteiger partial charge on any atom is -0.496 e. The van der Waals surface area contributed by atoms with Gasteiger partial charge in [0.05, 0.1) is 7.11 Å². The van der Waals surface area contributed by atoms with Crippen molar-refractivity contribution in [2.24, 2.45) is 0 Å². The van der Waals surface area contributed by atoms with Crippen LogP contribution in [-0.4, -0.2) is 7.11 Å². The van der Waals surface area contributed by atoms with Gasteiger partial charge in [0.2, 0.25) is 0 Å². The number of nitrogens with one attached hydrogen (secondary N) is 1. The van der Waals surface area contributed by atoms with Crippen LogP contribution in [0.15, 0.2) is 54.6 Å². The van der Waals surface area contributed by atoms with Crippen LogP contribution in [-0.2, 0) is 0 Å². The average Bonchev–Trinajstić information content (AvgIpc) is 2.48. The second-order valence-corrected chi connectivity index (χ2v) is 4.76. The molecule has 2 atom stereocenters. The molecule has 1 unspecified atom stereocenters. The topological polar surface area (TPSA) is 21.3 Å². The average molecular weight is 255 g/mol. The summed E-state index contributed by atoms with van der Waals surface area (Å²) < 4.78 is 5.41. The van der Waals surface area contributed by atoms with E-state index in [9.17, 15) is 0 Å². The van der Waals surface area contributed by atoms with E-state index in [1.165, 1.54) is 11.1 Å². The highest BCUT2D eigenvalue weighted by atomic mass is 16.5. The first-order chi connectivity index (χ1) is 9.22. The van der Waals surface area contributed by atoms with E-state index in [2.05, 4.69) is 49.5 Å².